The zero-order valence-corrected chi connectivity index (χ0v) is 21.4. The quantitative estimate of drug-likeness (QED) is 0.310. The van der Waals surface area contributed by atoms with Crippen LogP contribution in [-0.2, 0) is 10.0 Å². The number of benzene rings is 2. The molecule has 0 radical (unpaired) electrons. The van der Waals surface area contributed by atoms with E-state index in [1.165, 1.54) is 16.4 Å². The third kappa shape index (κ3) is 4.81. The Bertz CT molecular complexity index is 1540. The van der Waals surface area contributed by atoms with Crippen molar-refractivity contribution in [2.45, 2.75) is 11.3 Å². The fourth-order valence-electron chi connectivity index (χ4n) is 3.92. The van der Waals surface area contributed by atoms with Crippen LogP contribution in [0.15, 0.2) is 82.4 Å². The van der Waals surface area contributed by atoms with E-state index in [-0.39, 0.29) is 22.3 Å². The number of hydrogen-bond donors (Lipinski definition) is 1. The highest BCUT2D eigenvalue weighted by Crippen LogP contribution is 2.32. The molecule has 1 N–H and O–H groups in total. The number of H-pyrrole nitrogens is 1. The smallest absolute Gasteiger partial charge is 0.244 e. The van der Waals surface area contributed by atoms with Crippen molar-refractivity contribution in [3.63, 3.8) is 0 Å². The van der Waals surface area contributed by atoms with Gasteiger partial charge in [0.05, 0.1) is 27.1 Å². The molecule has 178 valence electrons. The van der Waals surface area contributed by atoms with Gasteiger partial charge in [-0.15, -0.1) is 0 Å². The number of rotatable bonds is 5. The van der Waals surface area contributed by atoms with E-state index in [1.807, 2.05) is 24.3 Å². The molecule has 0 unspecified atom stereocenters. The summed E-state index contributed by atoms with van der Waals surface area (Å²) in [5.41, 5.74) is 3.65. The number of sulfonamides is 1. The van der Waals surface area contributed by atoms with Gasteiger partial charge >= 0.3 is 0 Å². The monoisotopic (exact) mass is 572 g/mol. The average molecular weight is 574 g/mol. The van der Waals surface area contributed by atoms with Crippen molar-refractivity contribution < 1.29 is 12.8 Å². The van der Waals surface area contributed by atoms with Crippen LogP contribution in [-0.4, -0.2) is 40.8 Å². The molecule has 0 saturated carbocycles. The number of aromatic nitrogens is 3. The van der Waals surface area contributed by atoms with Gasteiger partial charge in [0.25, 0.3) is 0 Å². The Hall–Kier alpha value is -2.85. The summed E-state index contributed by atoms with van der Waals surface area (Å²) in [6.45, 7) is 0.556. The summed E-state index contributed by atoms with van der Waals surface area (Å²) >= 11 is 9.48. The van der Waals surface area contributed by atoms with Crippen LogP contribution < -0.4 is 0 Å². The van der Waals surface area contributed by atoms with Gasteiger partial charge in [0, 0.05) is 30.4 Å². The molecule has 0 amide bonds. The maximum Gasteiger partial charge on any atom is 0.244 e. The largest absolute Gasteiger partial charge is 0.338 e. The van der Waals surface area contributed by atoms with Gasteiger partial charge in [0.15, 0.2) is 0 Å². The first-order valence-electron chi connectivity index (χ1n) is 10.7. The molecule has 0 atom stereocenters. The number of imidazole rings is 1. The SMILES string of the molecule is O=S(=O)(c1cc(-c2ncc(-c3ccc(Br)c(F)c3)[nH]2)ccc1Cl)N1CC=C(c2ccccn2)CC1. The molecule has 4 aromatic rings. The molecule has 0 bridgehead atoms. The van der Waals surface area contributed by atoms with Crippen LogP contribution in [0.3, 0.4) is 0 Å². The standard InChI is InChI=1S/C25H19BrClFN4O2S/c26-19-6-4-17(13-21(19)28)23-15-30-25(31-23)18-5-7-20(27)24(14-18)35(33,34)32-11-8-16(9-12-32)22-3-1-2-10-29-22/h1-8,10,13-15H,9,11-12H2,(H,30,31). The molecule has 2 aromatic heterocycles. The second kappa shape index (κ2) is 9.66. The number of pyridine rings is 1. The lowest BCUT2D eigenvalue weighted by molar-refractivity contribution is 0.441. The minimum Gasteiger partial charge on any atom is -0.338 e. The van der Waals surface area contributed by atoms with E-state index in [2.05, 4.69) is 30.9 Å². The summed E-state index contributed by atoms with van der Waals surface area (Å²) in [7, 11) is -3.84. The van der Waals surface area contributed by atoms with Gasteiger partial charge in [-0.3, -0.25) is 4.98 Å². The Balaban J connectivity index is 1.42. The van der Waals surface area contributed by atoms with Crippen molar-refractivity contribution in [3.8, 4) is 22.6 Å². The Morgan fingerprint density at radius 2 is 1.89 bits per heavy atom. The molecule has 2 aromatic carbocycles. The maximum atomic E-state index is 13.9. The third-order valence-corrected chi connectivity index (χ3v) is 8.78. The Morgan fingerprint density at radius 3 is 2.60 bits per heavy atom. The van der Waals surface area contributed by atoms with E-state index in [4.69, 9.17) is 11.6 Å². The van der Waals surface area contributed by atoms with E-state index in [1.54, 1.807) is 36.7 Å². The van der Waals surface area contributed by atoms with Crippen molar-refractivity contribution in [1.29, 1.82) is 0 Å². The number of hydrogen-bond acceptors (Lipinski definition) is 4. The molecule has 0 aliphatic carbocycles. The molecular formula is C25H19BrClFN4O2S. The van der Waals surface area contributed by atoms with Crippen LogP contribution in [0.1, 0.15) is 12.1 Å². The van der Waals surface area contributed by atoms with Crippen molar-refractivity contribution in [2.24, 2.45) is 0 Å². The fourth-order valence-corrected chi connectivity index (χ4v) is 6.05. The van der Waals surface area contributed by atoms with Crippen LogP contribution in [0.25, 0.3) is 28.2 Å². The first kappa shape index (κ1) is 23.9. The molecule has 35 heavy (non-hydrogen) atoms. The molecule has 3 heterocycles. The van der Waals surface area contributed by atoms with Gasteiger partial charge in [0.2, 0.25) is 10.0 Å². The van der Waals surface area contributed by atoms with Gasteiger partial charge in [0.1, 0.15) is 16.5 Å². The second-order valence-electron chi connectivity index (χ2n) is 7.98. The van der Waals surface area contributed by atoms with Crippen molar-refractivity contribution in [3.05, 3.63) is 94.1 Å². The summed E-state index contributed by atoms with van der Waals surface area (Å²) in [5.74, 6) is 0.0627. The highest BCUT2D eigenvalue weighted by Gasteiger charge is 2.29. The molecular weight excluding hydrogens is 555 g/mol. The van der Waals surface area contributed by atoms with Crippen LogP contribution in [0.2, 0.25) is 5.02 Å². The molecule has 5 rings (SSSR count). The zero-order chi connectivity index (χ0) is 24.6. The van der Waals surface area contributed by atoms with E-state index in [9.17, 15) is 12.8 Å². The number of halogens is 3. The molecule has 10 heteroatoms. The predicted molar refractivity (Wildman–Crippen MR) is 138 cm³/mol. The number of nitrogens with zero attached hydrogens (tertiary/aromatic N) is 3. The first-order chi connectivity index (χ1) is 16.8. The minimum absolute atomic E-state index is 0.0130. The molecule has 1 aliphatic rings. The molecule has 0 fully saturated rings. The van der Waals surface area contributed by atoms with E-state index < -0.39 is 10.0 Å². The Kier molecular flexibility index (Phi) is 6.59. The van der Waals surface area contributed by atoms with Gasteiger partial charge < -0.3 is 4.98 Å². The van der Waals surface area contributed by atoms with E-state index in [0.29, 0.717) is 40.1 Å². The summed E-state index contributed by atoms with van der Waals surface area (Å²) in [6, 6.07) is 15.2. The molecule has 0 saturated heterocycles. The molecule has 0 spiro atoms. The third-order valence-electron chi connectivity index (χ3n) is 5.79. The van der Waals surface area contributed by atoms with Crippen LogP contribution in [0, 0.1) is 5.82 Å². The van der Waals surface area contributed by atoms with Crippen LogP contribution >= 0.6 is 27.5 Å². The lowest BCUT2D eigenvalue weighted by Gasteiger charge is -2.26. The highest BCUT2D eigenvalue weighted by atomic mass is 79.9. The molecule has 6 nitrogen and oxygen atoms in total. The topological polar surface area (TPSA) is 79.0 Å². The zero-order valence-electron chi connectivity index (χ0n) is 18.2. The van der Waals surface area contributed by atoms with Gasteiger partial charge in [-0.2, -0.15) is 4.31 Å². The van der Waals surface area contributed by atoms with E-state index >= 15 is 0 Å². The van der Waals surface area contributed by atoms with Gasteiger partial charge in [-0.05, 0) is 70.4 Å². The van der Waals surface area contributed by atoms with Gasteiger partial charge in [-0.1, -0.05) is 29.8 Å². The number of aromatic amines is 1. The van der Waals surface area contributed by atoms with Crippen LogP contribution in [0.5, 0.6) is 0 Å². The lowest BCUT2D eigenvalue weighted by Crippen LogP contribution is -2.35. The Morgan fingerprint density at radius 1 is 1.06 bits per heavy atom. The average Bonchev–Trinajstić information content (AvgIpc) is 3.37. The summed E-state index contributed by atoms with van der Waals surface area (Å²) < 4.78 is 42.6. The maximum absolute atomic E-state index is 13.9. The second-order valence-corrected chi connectivity index (χ2v) is 11.1. The highest BCUT2D eigenvalue weighted by molar-refractivity contribution is 9.10. The fraction of sp³-hybridized carbons (Fsp3) is 0.120. The summed E-state index contributed by atoms with van der Waals surface area (Å²) in [5, 5.41) is 0.134. The summed E-state index contributed by atoms with van der Waals surface area (Å²) in [6.07, 6.45) is 5.74. The summed E-state index contributed by atoms with van der Waals surface area (Å²) in [4.78, 5) is 11.9. The first-order valence-corrected chi connectivity index (χ1v) is 13.3. The molecule has 1 aliphatic heterocycles. The van der Waals surface area contributed by atoms with E-state index in [0.717, 1.165) is 11.3 Å². The number of nitrogens with one attached hydrogen (secondary N) is 1. The van der Waals surface area contributed by atoms with Gasteiger partial charge in [-0.25, -0.2) is 17.8 Å². The van der Waals surface area contributed by atoms with Crippen LogP contribution in [0.4, 0.5) is 4.39 Å². The lowest BCUT2D eigenvalue weighted by atomic mass is 10.1. The minimum atomic E-state index is -3.84. The Labute approximate surface area is 215 Å². The predicted octanol–water partition coefficient (Wildman–Crippen LogP) is 6.17. The van der Waals surface area contributed by atoms with Crippen molar-refractivity contribution in [1.82, 2.24) is 19.3 Å². The van der Waals surface area contributed by atoms with Crippen molar-refractivity contribution >= 4 is 43.1 Å². The normalized spacial score (nSPS) is 14.7. The van der Waals surface area contributed by atoms with Crippen molar-refractivity contribution in [2.75, 3.05) is 13.1 Å².